The lowest BCUT2D eigenvalue weighted by atomic mass is 10.0. The fraction of sp³-hybridized carbons (Fsp3) is 0.176. The summed E-state index contributed by atoms with van der Waals surface area (Å²) in [5.74, 6) is 0. The standard InChI is InChI=1S/C17H20N2/c1-18-17(19-2)16-11-7-6-10-15(16)13-12-14-8-4-3-5-9-14/h3-13,17-19H,1-2H3/b13-12+. The summed E-state index contributed by atoms with van der Waals surface area (Å²) in [5.41, 5.74) is 3.68. The first-order valence-electron chi connectivity index (χ1n) is 6.51. The molecular formula is C17H20N2. The van der Waals surface area contributed by atoms with E-state index in [2.05, 4.69) is 71.3 Å². The predicted molar refractivity (Wildman–Crippen MR) is 82.7 cm³/mol. The molecule has 2 aromatic carbocycles. The van der Waals surface area contributed by atoms with Crippen LogP contribution in [0.2, 0.25) is 0 Å². The Morgan fingerprint density at radius 3 is 2.11 bits per heavy atom. The number of nitrogens with one attached hydrogen (secondary N) is 2. The van der Waals surface area contributed by atoms with Crippen molar-refractivity contribution in [1.29, 1.82) is 0 Å². The van der Waals surface area contributed by atoms with Gasteiger partial charge in [-0.05, 0) is 30.8 Å². The highest BCUT2D eigenvalue weighted by Crippen LogP contribution is 2.18. The minimum atomic E-state index is 0.164. The molecule has 0 atom stereocenters. The molecule has 0 aliphatic heterocycles. The van der Waals surface area contributed by atoms with Gasteiger partial charge in [-0.1, -0.05) is 66.7 Å². The van der Waals surface area contributed by atoms with Gasteiger partial charge in [0.25, 0.3) is 0 Å². The lowest BCUT2D eigenvalue weighted by Gasteiger charge is -2.17. The van der Waals surface area contributed by atoms with Crippen molar-refractivity contribution in [1.82, 2.24) is 10.6 Å². The van der Waals surface area contributed by atoms with E-state index in [1.165, 1.54) is 16.7 Å². The average Bonchev–Trinajstić information content (AvgIpc) is 2.48. The number of hydrogen-bond donors (Lipinski definition) is 2. The molecule has 0 bridgehead atoms. The van der Waals surface area contributed by atoms with E-state index >= 15 is 0 Å². The Hall–Kier alpha value is -1.90. The topological polar surface area (TPSA) is 24.1 Å². The first kappa shape index (κ1) is 13.5. The van der Waals surface area contributed by atoms with Crippen LogP contribution in [0.5, 0.6) is 0 Å². The van der Waals surface area contributed by atoms with Crippen LogP contribution in [0.25, 0.3) is 12.2 Å². The normalized spacial score (nSPS) is 11.3. The Kier molecular flexibility index (Phi) is 4.90. The zero-order chi connectivity index (χ0) is 13.5. The molecule has 0 aliphatic carbocycles. The van der Waals surface area contributed by atoms with Crippen LogP contribution in [-0.4, -0.2) is 14.1 Å². The zero-order valence-electron chi connectivity index (χ0n) is 11.4. The molecule has 2 nitrogen and oxygen atoms in total. The second-order valence-corrected chi connectivity index (χ2v) is 4.38. The summed E-state index contributed by atoms with van der Waals surface area (Å²) >= 11 is 0. The molecule has 0 amide bonds. The summed E-state index contributed by atoms with van der Waals surface area (Å²) in [4.78, 5) is 0. The van der Waals surface area contributed by atoms with Crippen molar-refractivity contribution in [2.75, 3.05) is 14.1 Å². The molecule has 0 radical (unpaired) electrons. The van der Waals surface area contributed by atoms with E-state index in [1.807, 2.05) is 20.2 Å². The third-order valence-corrected chi connectivity index (χ3v) is 3.14. The Morgan fingerprint density at radius 2 is 1.42 bits per heavy atom. The molecular weight excluding hydrogens is 232 g/mol. The van der Waals surface area contributed by atoms with Gasteiger partial charge in [0.1, 0.15) is 0 Å². The second kappa shape index (κ2) is 6.88. The van der Waals surface area contributed by atoms with E-state index < -0.39 is 0 Å². The van der Waals surface area contributed by atoms with Crippen molar-refractivity contribution >= 4 is 12.2 Å². The molecule has 2 rings (SSSR count). The molecule has 2 N–H and O–H groups in total. The van der Waals surface area contributed by atoms with Gasteiger partial charge in [0.15, 0.2) is 0 Å². The van der Waals surface area contributed by atoms with Crippen molar-refractivity contribution < 1.29 is 0 Å². The van der Waals surface area contributed by atoms with Crippen LogP contribution in [0.1, 0.15) is 22.9 Å². The molecule has 0 saturated heterocycles. The number of rotatable bonds is 5. The van der Waals surface area contributed by atoms with Crippen molar-refractivity contribution in [3.63, 3.8) is 0 Å². The Labute approximate surface area is 115 Å². The van der Waals surface area contributed by atoms with Gasteiger partial charge in [0, 0.05) is 0 Å². The minimum Gasteiger partial charge on any atom is -0.301 e. The lowest BCUT2D eigenvalue weighted by Crippen LogP contribution is -2.29. The van der Waals surface area contributed by atoms with Crippen molar-refractivity contribution in [3.05, 3.63) is 71.3 Å². The fourth-order valence-corrected chi connectivity index (χ4v) is 2.13. The fourth-order valence-electron chi connectivity index (χ4n) is 2.13. The van der Waals surface area contributed by atoms with E-state index in [0.717, 1.165) is 0 Å². The molecule has 0 saturated carbocycles. The predicted octanol–water partition coefficient (Wildman–Crippen LogP) is 3.29. The van der Waals surface area contributed by atoms with E-state index in [1.54, 1.807) is 0 Å². The molecule has 2 aromatic rings. The van der Waals surface area contributed by atoms with Gasteiger partial charge in [-0.2, -0.15) is 0 Å². The molecule has 0 unspecified atom stereocenters. The highest BCUT2D eigenvalue weighted by atomic mass is 15.1. The maximum Gasteiger partial charge on any atom is 0.0836 e. The quantitative estimate of drug-likeness (QED) is 0.630. The molecule has 0 fully saturated rings. The molecule has 19 heavy (non-hydrogen) atoms. The molecule has 98 valence electrons. The highest BCUT2D eigenvalue weighted by molar-refractivity contribution is 5.71. The van der Waals surface area contributed by atoms with Crippen LogP contribution < -0.4 is 10.6 Å². The van der Waals surface area contributed by atoms with Gasteiger partial charge in [0.05, 0.1) is 6.17 Å². The van der Waals surface area contributed by atoms with Gasteiger partial charge in [0.2, 0.25) is 0 Å². The molecule has 0 aromatic heterocycles. The highest BCUT2D eigenvalue weighted by Gasteiger charge is 2.08. The van der Waals surface area contributed by atoms with Crippen LogP contribution in [0.3, 0.4) is 0 Å². The molecule has 0 heterocycles. The summed E-state index contributed by atoms with van der Waals surface area (Å²) < 4.78 is 0. The van der Waals surface area contributed by atoms with Gasteiger partial charge < -0.3 is 10.6 Å². The van der Waals surface area contributed by atoms with Gasteiger partial charge in [-0.3, -0.25) is 0 Å². The molecule has 0 spiro atoms. The van der Waals surface area contributed by atoms with Crippen LogP contribution in [0.15, 0.2) is 54.6 Å². The number of benzene rings is 2. The maximum atomic E-state index is 3.26. The van der Waals surface area contributed by atoms with Crippen LogP contribution >= 0.6 is 0 Å². The summed E-state index contributed by atoms with van der Waals surface area (Å²) in [7, 11) is 3.91. The Morgan fingerprint density at radius 1 is 0.789 bits per heavy atom. The monoisotopic (exact) mass is 252 g/mol. The first-order chi connectivity index (χ1) is 9.35. The summed E-state index contributed by atoms with van der Waals surface area (Å²) in [6, 6.07) is 18.8. The summed E-state index contributed by atoms with van der Waals surface area (Å²) in [6.07, 6.45) is 4.46. The van der Waals surface area contributed by atoms with E-state index in [0.29, 0.717) is 0 Å². The van der Waals surface area contributed by atoms with Gasteiger partial charge in [-0.25, -0.2) is 0 Å². The maximum absolute atomic E-state index is 3.26. The molecule has 0 aliphatic rings. The molecule has 2 heteroatoms. The van der Waals surface area contributed by atoms with Crippen LogP contribution in [0, 0.1) is 0 Å². The van der Waals surface area contributed by atoms with Gasteiger partial charge in [-0.15, -0.1) is 0 Å². The third-order valence-electron chi connectivity index (χ3n) is 3.14. The Balaban J connectivity index is 2.28. The van der Waals surface area contributed by atoms with E-state index in [-0.39, 0.29) is 6.17 Å². The van der Waals surface area contributed by atoms with Crippen molar-refractivity contribution in [2.45, 2.75) is 6.17 Å². The van der Waals surface area contributed by atoms with E-state index in [4.69, 9.17) is 0 Å². The smallest absolute Gasteiger partial charge is 0.0836 e. The first-order valence-corrected chi connectivity index (χ1v) is 6.51. The van der Waals surface area contributed by atoms with Gasteiger partial charge >= 0.3 is 0 Å². The van der Waals surface area contributed by atoms with Crippen LogP contribution in [-0.2, 0) is 0 Å². The SMILES string of the molecule is CNC(NC)c1ccccc1/C=C/c1ccccc1. The largest absolute Gasteiger partial charge is 0.301 e. The van der Waals surface area contributed by atoms with Crippen LogP contribution in [0.4, 0.5) is 0 Å². The number of hydrogen-bond acceptors (Lipinski definition) is 2. The Bertz CT molecular complexity index is 528. The average molecular weight is 252 g/mol. The van der Waals surface area contributed by atoms with Crippen molar-refractivity contribution in [3.8, 4) is 0 Å². The lowest BCUT2D eigenvalue weighted by molar-refractivity contribution is 0.519. The van der Waals surface area contributed by atoms with E-state index in [9.17, 15) is 0 Å². The third kappa shape index (κ3) is 3.53. The zero-order valence-corrected chi connectivity index (χ0v) is 11.4. The minimum absolute atomic E-state index is 0.164. The summed E-state index contributed by atoms with van der Waals surface area (Å²) in [5, 5.41) is 6.52. The van der Waals surface area contributed by atoms with Crippen molar-refractivity contribution in [2.24, 2.45) is 0 Å². The summed E-state index contributed by atoms with van der Waals surface area (Å²) in [6.45, 7) is 0. The second-order valence-electron chi connectivity index (χ2n) is 4.38.